The first-order valence-corrected chi connectivity index (χ1v) is 12.3. The summed E-state index contributed by atoms with van der Waals surface area (Å²) in [5.41, 5.74) is 5.06. The number of aromatic amines is 1. The zero-order valence-corrected chi connectivity index (χ0v) is 20.1. The van der Waals surface area contributed by atoms with E-state index in [0.717, 1.165) is 60.5 Å². The van der Waals surface area contributed by atoms with E-state index in [0.29, 0.717) is 5.92 Å². The molecule has 3 aliphatic heterocycles. The summed E-state index contributed by atoms with van der Waals surface area (Å²) in [6.45, 7) is 9.48. The van der Waals surface area contributed by atoms with Crippen LogP contribution in [0.25, 0.3) is 5.65 Å². The van der Waals surface area contributed by atoms with E-state index in [1.165, 1.54) is 12.1 Å². The van der Waals surface area contributed by atoms with Crippen molar-refractivity contribution in [2.24, 2.45) is 11.8 Å². The summed E-state index contributed by atoms with van der Waals surface area (Å²) in [6, 6.07) is 16.4. The highest BCUT2D eigenvalue weighted by molar-refractivity contribution is 5.57. The van der Waals surface area contributed by atoms with Gasteiger partial charge >= 0.3 is 0 Å². The van der Waals surface area contributed by atoms with Crippen molar-refractivity contribution in [3.63, 3.8) is 0 Å². The maximum absolute atomic E-state index is 6.29. The summed E-state index contributed by atoms with van der Waals surface area (Å²) in [6.07, 6.45) is 4.37. The van der Waals surface area contributed by atoms with E-state index in [1.807, 2.05) is 47.8 Å². The average Bonchev–Trinajstić information content (AvgIpc) is 3.64. The summed E-state index contributed by atoms with van der Waals surface area (Å²) in [4.78, 5) is 7.40. The fourth-order valence-corrected chi connectivity index (χ4v) is 5.83. The molecule has 4 aromatic rings. The number of fused-ring (bicyclic) bond motifs is 2. The zero-order valence-electron chi connectivity index (χ0n) is 20.1. The maximum Gasteiger partial charge on any atom is 0.184 e. The van der Waals surface area contributed by atoms with Gasteiger partial charge in [-0.1, -0.05) is 43.3 Å². The summed E-state index contributed by atoms with van der Waals surface area (Å²) >= 11 is 0. The van der Waals surface area contributed by atoms with Crippen molar-refractivity contribution >= 4 is 11.3 Å². The number of rotatable bonds is 3. The van der Waals surface area contributed by atoms with Gasteiger partial charge in [-0.3, -0.25) is 5.10 Å². The zero-order chi connectivity index (χ0) is 23.3. The molecule has 8 rings (SSSR count). The number of H-pyrrole nitrogens is 1. The number of benzene rings is 1. The van der Waals surface area contributed by atoms with E-state index in [2.05, 4.69) is 47.3 Å². The Labute approximate surface area is 200 Å². The van der Waals surface area contributed by atoms with Gasteiger partial charge in [0.05, 0.1) is 24.2 Å². The molecule has 1 N–H and O–H groups in total. The Bertz CT molecular complexity index is 1270. The van der Waals surface area contributed by atoms with Crippen LogP contribution in [-0.4, -0.2) is 44.5 Å². The van der Waals surface area contributed by atoms with E-state index < -0.39 is 5.60 Å². The predicted molar refractivity (Wildman–Crippen MR) is 132 cm³/mol. The van der Waals surface area contributed by atoms with E-state index >= 15 is 0 Å². The van der Waals surface area contributed by atoms with Gasteiger partial charge in [0.25, 0.3) is 0 Å². The molecule has 4 atom stereocenters. The number of anilines is 1. The van der Waals surface area contributed by atoms with Crippen LogP contribution in [0.3, 0.4) is 0 Å². The van der Waals surface area contributed by atoms with Crippen LogP contribution >= 0.6 is 0 Å². The Balaban J connectivity index is 0.000000318. The second-order valence-electron chi connectivity index (χ2n) is 10.2. The first-order valence-electron chi connectivity index (χ1n) is 12.3. The fourth-order valence-electron chi connectivity index (χ4n) is 5.83. The fraction of sp³-hybridized carbons (Fsp3) is 0.444. The SMILES string of the molecule is Cc1cc(C2C3COC2(c2nc4c(C)cc(N5CCC(C)C5)cn4n2)C3)n[nH]1.c1ccccc1. The average molecular weight is 457 g/mol. The van der Waals surface area contributed by atoms with Gasteiger partial charge in [0.15, 0.2) is 11.5 Å². The Kier molecular flexibility index (Phi) is 5.17. The first kappa shape index (κ1) is 21.4. The lowest BCUT2D eigenvalue weighted by Crippen LogP contribution is -2.44. The van der Waals surface area contributed by atoms with E-state index in [4.69, 9.17) is 14.8 Å². The molecule has 3 saturated heterocycles. The largest absolute Gasteiger partial charge is 0.370 e. The number of pyridine rings is 1. The third kappa shape index (κ3) is 3.50. The minimum Gasteiger partial charge on any atom is -0.370 e. The standard InChI is InChI=1S/C21H26N6O.C6H6/c1-12-4-5-26(9-12)16-6-13(2)19-22-20(25-27(19)10-16)21-8-15(11-28-21)18(21)17-7-14(3)23-24-17;1-2-4-6-5-3-1/h6-7,10,12,15,18H,4-5,8-9,11H2,1-3H3,(H,23,24);1-6H. The van der Waals surface area contributed by atoms with Crippen LogP contribution in [0, 0.1) is 25.7 Å². The molecule has 2 bridgehead atoms. The van der Waals surface area contributed by atoms with Crippen molar-refractivity contribution in [1.82, 2.24) is 24.8 Å². The molecule has 4 fully saturated rings. The van der Waals surface area contributed by atoms with Gasteiger partial charge in [-0.15, -0.1) is 5.10 Å². The van der Waals surface area contributed by atoms with Crippen LogP contribution in [0.2, 0.25) is 0 Å². The molecule has 7 nitrogen and oxygen atoms in total. The van der Waals surface area contributed by atoms with Crippen molar-refractivity contribution in [3.05, 3.63) is 77.5 Å². The molecule has 7 heteroatoms. The number of aromatic nitrogens is 5. The highest BCUT2D eigenvalue weighted by Gasteiger charge is 2.65. The van der Waals surface area contributed by atoms with Crippen LogP contribution in [-0.2, 0) is 10.3 Å². The van der Waals surface area contributed by atoms with Crippen molar-refractivity contribution in [1.29, 1.82) is 0 Å². The van der Waals surface area contributed by atoms with Gasteiger partial charge in [0.2, 0.25) is 0 Å². The summed E-state index contributed by atoms with van der Waals surface area (Å²) < 4.78 is 8.25. The van der Waals surface area contributed by atoms with Crippen LogP contribution in [0.1, 0.15) is 48.5 Å². The molecular weight excluding hydrogens is 424 g/mol. The molecular formula is C27H32N6O. The second kappa shape index (κ2) is 8.24. The van der Waals surface area contributed by atoms with Gasteiger partial charge < -0.3 is 9.64 Å². The van der Waals surface area contributed by atoms with Crippen molar-refractivity contribution in [2.45, 2.75) is 45.1 Å². The number of nitrogens with zero attached hydrogens (tertiary/aromatic N) is 5. The second-order valence-corrected chi connectivity index (χ2v) is 10.2. The lowest BCUT2D eigenvalue weighted by molar-refractivity contribution is -0.0332. The van der Waals surface area contributed by atoms with Crippen LogP contribution < -0.4 is 4.90 Å². The maximum atomic E-state index is 6.29. The topological polar surface area (TPSA) is 71.3 Å². The van der Waals surface area contributed by atoms with Crippen LogP contribution in [0.5, 0.6) is 0 Å². The highest BCUT2D eigenvalue weighted by atomic mass is 16.5. The van der Waals surface area contributed by atoms with E-state index in [9.17, 15) is 0 Å². The number of aryl methyl sites for hydroxylation is 2. The number of hydrogen-bond acceptors (Lipinski definition) is 5. The Hall–Kier alpha value is -3.19. The summed E-state index contributed by atoms with van der Waals surface area (Å²) in [7, 11) is 0. The van der Waals surface area contributed by atoms with Gasteiger partial charge in [-0.05, 0) is 56.2 Å². The van der Waals surface area contributed by atoms with Crippen molar-refractivity contribution in [3.8, 4) is 0 Å². The summed E-state index contributed by atoms with van der Waals surface area (Å²) in [5.74, 6) is 2.31. The molecule has 0 amide bonds. The number of ether oxygens (including phenoxy) is 1. The predicted octanol–water partition coefficient (Wildman–Crippen LogP) is 4.63. The van der Waals surface area contributed by atoms with Gasteiger partial charge in [-0.25, -0.2) is 9.50 Å². The van der Waals surface area contributed by atoms with Crippen molar-refractivity contribution in [2.75, 3.05) is 24.6 Å². The lowest BCUT2D eigenvalue weighted by Gasteiger charge is -2.41. The van der Waals surface area contributed by atoms with Crippen LogP contribution in [0.15, 0.2) is 54.7 Å². The quantitative estimate of drug-likeness (QED) is 0.487. The monoisotopic (exact) mass is 456 g/mol. The molecule has 176 valence electrons. The Morgan fingerprint density at radius 2 is 1.85 bits per heavy atom. The minimum atomic E-state index is -0.424. The Morgan fingerprint density at radius 1 is 1.09 bits per heavy atom. The molecule has 0 radical (unpaired) electrons. The molecule has 34 heavy (non-hydrogen) atoms. The molecule has 0 spiro atoms. The first-order chi connectivity index (χ1) is 16.5. The van der Waals surface area contributed by atoms with Gasteiger partial charge in [0.1, 0.15) is 5.60 Å². The molecule has 4 unspecified atom stereocenters. The smallest absolute Gasteiger partial charge is 0.184 e. The number of hydrogen-bond donors (Lipinski definition) is 1. The molecule has 1 aromatic carbocycles. The third-order valence-corrected chi connectivity index (χ3v) is 7.58. The molecule has 6 heterocycles. The number of nitrogens with one attached hydrogen (secondary N) is 1. The minimum absolute atomic E-state index is 0.245. The van der Waals surface area contributed by atoms with E-state index in [-0.39, 0.29) is 5.92 Å². The molecule has 4 aliphatic rings. The van der Waals surface area contributed by atoms with Gasteiger partial charge in [0, 0.05) is 24.7 Å². The lowest BCUT2D eigenvalue weighted by atomic mass is 9.62. The Morgan fingerprint density at radius 3 is 2.47 bits per heavy atom. The van der Waals surface area contributed by atoms with Crippen molar-refractivity contribution < 1.29 is 4.74 Å². The van der Waals surface area contributed by atoms with Gasteiger partial charge in [-0.2, -0.15) is 5.10 Å². The van der Waals surface area contributed by atoms with E-state index in [1.54, 1.807) is 0 Å². The summed E-state index contributed by atoms with van der Waals surface area (Å²) in [5, 5.41) is 12.5. The third-order valence-electron chi connectivity index (χ3n) is 7.58. The molecule has 1 aliphatic carbocycles. The molecule has 1 saturated carbocycles. The highest BCUT2D eigenvalue weighted by Crippen LogP contribution is 2.63. The van der Waals surface area contributed by atoms with Crippen LogP contribution in [0.4, 0.5) is 5.69 Å². The molecule has 3 aromatic heterocycles. The normalized spacial score (nSPS) is 27.5.